The molecule has 2 unspecified atom stereocenters. The zero-order valence-electron chi connectivity index (χ0n) is 20.7. The van der Waals surface area contributed by atoms with Crippen LogP contribution in [0.3, 0.4) is 0 Å². The van der Waals surface area contributed by atoms with Crippen molar-refractivity contribution in [3.63, 3.8) is 0 Å². The van der Waals surface area contributed by atoms with E-state index in [-0.39, 0.29) is 11.8 Å². The molecule has 2 aliphatic heterocycles. The van der Waals surface area contributed by atoms with Crippen molar-refractivity contribution in [3.05, 3.63) is 106 Å². The van der Waals surface area contributed by atoms with Gasteiger partial charge in [0.1, 0.15) is 0 Å². The quantitative estimate of drug-likeness (QED) is 0.288. The van der Waals surface area contributed by atoms with Crippen LogP contribution in [-0.2, 0) is 0 Å². The minimum absolute atomic E-state index is 0.108. The minimum Gasteiger partial charge on any atom is -0.338 e. The molecule has 0 spiro atoms. The number of carbonyl (C=O) groups is 1. The number of nitrogens with zero attached hydrogens (tertiary/aromatic N) is 2. The summed E-state index contributed by atoms with van der Waals surface area (Å²) >= 11 is 1.71. The molecule has 2 aliphatic rings. The third-order valence-electron chi connectivity index (χ3n) is 8.21. The Morgan fingerprint density at radius 1 is 0.892 bits per heavy atom. The van der Waals surface area contributed by atoms with E-state index in [2.05, 4.69) is 33.9 Å². The van der Waals surface area contributed by atoms with E-state index in [1.165, 1.54) is 17.7 Å². The molecule has 0 aliphatic carbocycles. The number of halogens is 2. The summed E-state index contributed by atoms with van der Waals surface area (Å²) in [6.45, 7) is 4.26. The van der Waals surface area contributed by atoms with E-state index in [0.717, 1.165) is 67.5 Å². The predicted octanol–water partition coefficient (Wildman–Crippen LogP) is 6.91. The molecular formula is C31H30F2N2OS. The highest BCUT2D eigenvalue weighted by Gasteiger charge is 2.38. The number of benzene rings is 3. The van der Waals surface area contributed by atoms with Crippen LogP contribution in [0.1, 0.15) is 46.2 Å². The highest BCUT2D eigenvalue weighted by molar-refractivity contribution is 7.08. The van der Waals surface area contributed by atoms with Crippen molar-refractivity contribution in [2.24, 2.45) is 5.92 Å². The van der Waals surface area contributed by atoms with Gasteiger partial charge in [-0.15, -0.1) is 0 Å². The summed E-state index contributed by atoms with van der Waals surface area (Å²) in [4.78, 5) is 18.3. The zero-order chi connectivity index (χ0) is 25.4. The number of fused-ring (bicyclic) bond motifs is 1. The van der Waals surface area contributed by atoms with Crippen LogP contribution >= 0.6 is 11.3 Å². The second kappa shape index (κ2) is 10.3. The molecule has 0 bridgehead atoms. The maximum Gasteiger partial charge on any atom is 0.254 e. The Morgan fingerprint density at radius 2 is 1.70 bits per heavy atom. The summed E-state index contributed by atoms with van der Waals surface area (Å²) in [5.74, 6) is -0.518. The Kier molecular flexibility index (Phi) is 6.78. The number of rotatable bonds is 5. The summed E-state index contributed by atoms with van der Waals surface area (Å²) in [5.41, 5.74) is 2.98. The predicted molar refractivity (Wildman–Crippen MR) is 145 cm³/mol. The Labute approximate surface area is 220 Å². The summed E-state index contributed by atoms with van der Waals surface area (Å²) in [5, 5.41) is 6.43. The van der Waals surface area contributed by atoms with E-state index in [1.807, 2.05) is 35.2 Å². The van der Waals surface area contributed by atoms with Gasteiger partial charge in [0, 0.05) is 31.1 Å². The van der Waals surface area contributed by atoms with Crippen LogP contribution in [-0.4, -0.2) is 48.4 Å². The van der Waals surface area contributed by atoms with Gasteiger partial charge >= 0.3 is 0 Å². The standard InChI is InChI=1S/C31H30F2N2OS/c32-29-9-8-23(16-30(29)33)21-10-13-34(14-11-21)17-25-18-35(19-28(25)24-12-15-37-20-24)31(36)27-7-3-5-22-4-1-2-6-26(22)27/h1-9,12,15-16,20-21,25,28H,10-11,13-14,17-19H2. The Morgan fingerprint density at radius 3 is 2.49 bits per heavy atom. The van der Waals surface area contributed by atoms with Crippen LogP contribution in [0.2, 0.25) is 0 Å². The molecule has 0 N–H and O–H groups in total. The molecule has 6 heteroatoms. The first-order chi connectivity index (χ1) is 18.1. The molecule has 2 fully saturated rings. The highest BCUT2D eigenvalue weighted by Crippen LogP contribution is 2.37. The molecule has 0 radical (unpaired) electrons. The zero-order valence-corrected chi connectivity index (χ0v) is 21.5. The monoisotopic (exact) mass is 516 g/mol. The second-order valence-electron chi connectivity index (χ2n) is 10.4. The van der Waals surface area contributed by atoms with Crippen molar-refractivity contribution in [1.29, 1.82) is 0 Å². The lowest BCUT2D eigenvalue weighted by molar-refractivity contribution is 0.0783. The fraction of sp³-hybridized carbons (Fsp3) is 0.323. The molecule has 190 valence electrons. The molecule has 3 heterocycles. The fourth-order valence-electron chi connectivity index (χ4n) is 6.21. The average Bonchev–Trinajstić information content (AvgIpc) is 3.60. The molecule has 0 saturated carbocycles. The third kappa shape index (κ3) is 4.92. The molecule has 2 saturated heterocycles. The number of amides is 1. The molecule has 4 aromatic rings. The summed E-state index contributed by atoms with van der Waals surface area (Å²) in [7, 11) is 0. The molecule has 2 atom stereocenters. The molecule has 37 heavy (non-hydrogen) atoms. The van der Waals surface area contributed by atoms with Gasteiger partial charge in [0.05, 0.1) is 0 Å². The van der Waals surface area contributed by atoms with Gasteiger partial charge in [-0.1, -0.05) is 42.5 Å². The number of thiophene rings is 1. The number of hydrogen-bond donors (Lipinski definition) is 0. The van der Waals surface area contributed by atoms with E-state index in [1.54, 1.807) is 17.4 Å². The van der Waals surface area contributed by atoms with E-state index >= 15 is 0 Å². The Bertz CT molecular complexity index is 1390. The van der Waals surface area contributed by atoms with Crippen LogP contribution < -0.4 is 0 Å². The van der Waals surface area contributed by atoms with Gasteiger partial charge in [0.15, 0.2) is 11.6 Å². The first-order valence-electron chi connectivity index (χ1n) is 13.0. The maximum absolute atomic E-state index is 13.8. The minimum atomic E-state index is -0.788. The first kappa shape index (κ1) is 24.3. The number of hydrogen-bond acceptors (Lipinski definition) is 3. The Hall–Kier alpha value is -3.09. The average molecular weight is 517 g/mol. The van der Waals surface area contributed by atoms with Crippen molar-refractivity contribution >= 4 is 28.0 Å². The number of likely N-dealkylation sites (tertiary alicyclic amines) is 2. The Balaban J connectivity index is 1.16. The van der Waals surface area contributed by atoms with Crippen LogP contribution in [0.5, 0.6) is 0 Å². The molecule has 1 aromatic heterocycles. The molecule has 6 rings (SSSR count). The van der Waals surface area contributed by atoms with Gasteiger partial charge in [0.25, 0.3) is 5.91 Å². The van der Waals surface area contributed by atoms with Crippen molar-refractivity contribution < 1.29 is 13.6 Å². The molecule has 1 amide bonds. The van der Waals surface area contributed by atoms with Crippen molar-refractivity contribution in [2.45, 2.75) is 24.7 Å². The highest BCUT2D eigenvalue weighted by atomic mass is 32.1. The lowest BCUT2D eigenvalue weighted by atomic mass is 9.87. The molecule has 3 nitrogen and oxygen atoms in total. The number of piperidine rings is 1. The summed E-state index contributed by atoms with van der Waals surface area (Å²) in [6, 6.07) is 20.6. The van der Waals surface area contributed by atoms with Crippen LogP contribution in [0.25, 0.3) is 10.8 Å². The van der Waals surface area contributed by atoms with Gasteiger partial charge < -0.3 is 9.80 Å². The third-order valence-corrected chi connectivity index (χ3v) is 8.92. The van der Waals surface area contributed by atoms with Gasteiger partial charge in [-0.2, -0.15) is 11.3 Å². The van der Waals surface area contributed by atoms with Crippen molar-refractivity contribution in [3.8, 4) is 0 Å². The lowest BCUT2D eigenvalue weighted by Gasteiger charge is -2.34. The van der Waals surface area contributed by atoms with Crippen LogP contribution in [0.15, 0.2) is 77.5 Å². The topological polar surface area (TPSA) is 23.6 Å². The van der Waals surface area contributed by atoms with Gasteiger partial charge in [-0.3, -0.25) is 4.79 Å². The van der Waals surface area contributed by atoms with Gasteiger partial charge in [0.2, 0.25) is 0 Å². The lowest BCUT2D eigenvalue weighted by Crippen LogP contribution is -2.38. The van der Waals surface area contributed by atoms with Gasteiger partial charge in [-0.05, 0) is 94.7 Å². The first-order valence-corrected chi connectivity index (χ1v) is 14.0. The summed E-state index contributed by atoms with van der Waals surface area (Å²) in [6.07, 6.45) is 1.86. The fourth-order valence-corrected chi connectivity index (χ4v) is 6.94. The van der Waals surface area contributed by atoms with E-state index in [9.17, 15) is 13.6 Å². The number of carbonyl (C=O) groups excluding carboxylic acids is 1. The second-order valence-corrected chi connectivity index (χ2v) is 11.2. The smallest absolute Gasteiger partial charge is 0.254 e. The SMILES string of the molecule is O=C(c1cccc2ccccc12)N1CC(CN2CCC(c3ccc(F)c(F)c3)CC2)C(c2ccsc2)C1. The van der Waals surface area contributed by atoms with Crippen molar-refractivity contribution in [1.82, 2.24) is 9.80 Å². The van der Waals surface area contributed by atoms with Crippen LogP contribution in [0, 0.1) is 17.6 Å². The molecule has 3 aromatic carbocycles. The maximum atomic E-state index is 13.8. The van der Waals surface area contributed by atoms with E-state index in [0.29, 0.717) is 11.8 Å². The van der Waals surface area contributed by atoms with Crippen LogP contribution in [0.4, 0.5) is 8.78 Å². The largest absolute Gasteiger partial charge is 0.338 e. The van der Waals surface area contributed by atoms with Crippen molar-refractivity contribution in [2.75, 3.05) is 32.7 Å². The van der Waals surface area contributed by atoms with Gasteiger partial charge in [-0.25, -0.2) is 8.78 Å². The van der Waals surface area contributed by atoms with E-state index < -0.39 is 11.6 Å². The van der Waals surface area contributed by atoms with E-state index in [4.69, 9.17) is 0 Å². The molecular weight excluding hydrogens is 486 g/mol. The normalized spacial score (nSPS) is 21.1. The summed E-state index contributed by atoms with van der Waals surface area (Å²) < 4.78 is 27.1.